The maximum absolute atomic E-state index is 11.8. The monoisotopic (exact) mass is 279 g/mol. The van der Waals surface area contributed by atoms with E-state index in [2.05, 4.69) is 5.32 Å². The van der Waals surface area contributed by atoms with Gasteiger partial charge in [0.2, 0.25) is 5.91 Å². The summed E-state index contributed by atoms with van der Waals surface area (Å²) in [4.78, 5) is 23.0. The number of phenols is 1. The van der Waals surface area contributed by atoms with Crippen molar-refractivity contribution in [2.75, 3.05) is 6.61 Å². The summed E-state index contributed by atoms with van der Waals surface area (Å²) >= 11 is 0. The molecule has 0 spiro atoms. The predicted molar refractivity (Wildman–Crippen MR) is 75.5 cm³/mol. The molecule has 0 aliphatic heterocycles. The van der Waals surface area contributed by atoms with Crippen molar-refractivity contribution in [1.82, 2.24) is 5.32 Å². The van der Waals surface area contributed by atoms with E-state index in [0.29, 0.717) is 6.42 Å². The minimum absolute atomic E-state index is 0.251. The highest BCUT2D eigenvalue weighted by atomic mass is 16.5. The molecule has 0 heterocycles. The Kier molecular flexibility index (Phi) is 5.55. The molecule has 0 fully saturated rings. The Hall–Kier alpha value is -2.04. The van der Waals surface area contributed by atoms with Crippen LogP contribution in [0.1, 0.15) is 30.5 Å². The van der Waals surface area contributed by atoms with Gasteiger partial charge in [-0.05, 0) is 37.5 Å². The third-order valence-electron chi connectivity index (χ3n) is 2.94. The van der Waals surface area contributed by atoms with Gasteiger partial charge in [-0.15, -0.1) is 0 Å². The Bertz CT molecular complexity index is 488. The fourth-order valence-electron chi connectivity index (χ4n) is 2.08. The van der Waals surface area contributed by atoms with Crippen LogP contribution in [-0.2, 0) is 20.7 Å². The summed E-state index contributed by atoms with van der Waals surface area (Å²) in [6, 6.07) is 2.89. The molecule has 0 radical (unpaired) electrons. The van der Waals surface area contributed by atoms with Gasteiger partial charge in [-0.3, -0.25) is 4.79 Å². The van der Waals surface area contributed by atoms with Gasteiger partial charge in [0.25, 0.3) is 0 Å². The number of nitrogens with one attached hydrogen (secondary N) is 1. The molecule has 0 aromatic heterocycles. The number of hydrogen-bond acceptors (Lipinski definition) is 4. The van der Waals surface area contributed by atoms with Crippen LogP contribution < -0.4 is 5.32 Å². The first kappa shape index (κ1) is 16.0. The number of rotatable bonds is 5. The van der Waals surface area contributed by atoms with Gasteiger partial charge in [-0.25, -0.2) is 4.79 Å². The molecule has 2 N–H and O–H groups in total. The fraction of sp³-hybridized carbons (Fsp3) is 0.467. The van der Waals surface area contributed by atoms with Crippen molar-refractivity contribution in [2.24, 2.45) is 0 Å². The highest BCUT2D eigenvalue weighted by molar-refractivity contribution is 5.83. The summed E-state index contributed by atoms with van der Waals surface area (Å²) < 4.78 is 4.96. The van der Waals surface area contributed by atoms with Crippen LogP contribution in [0.5, 0.6) is 5.75 Å². The lowest BCUT2D eigenvalue weighted by Crippen LogP contribution is -2.42. The van der Waals surface area contributed by atoms with E-state index in [9.17, 15) is 14.7 Å². The minimum Gasteiger partial charge on any atom is -0.507 e. The van der Waals surface area contributed by atoms with Gasteiger partial charge in [0.1, 0.15) is 11.8 Å². The SMILES string of the molecule is CCOC(=O)[C@H](Cc1cc(C)c(O)c(C)c1)NC(C)=O. The van der Waals surface area contributed by atoms with Gasteiger partial charge in [-0.1, -0.05) is 12.1 Å². The van der Waals surface area contributed by atoms with Crippen molar-refractivity contribution >= 4 is 11.9 Å². The van der Waals surface area contributed by atoms with Crippen LogP contribution in [0, 0.1) is 13.8 Å². The highest BCUT2D eigenvalue weighted by Crippen LogP contribution is 2.23. The molecule has 0 saturated heterocycles. The predicted octanol–water partition coefficient (Wildman–Crippen LogP) is 1.62. The molecule has 5 nitrogen and oxygen atoms in total. The molecule has 0 aliphatic carbocycles. The van der Waals surface area contributed by atoms with Gasteiger partial charge >= 0.3 is 5.97 Å². The molecule has 1 aromatic carbocycles. The van der Waals surface area contributed by atoms with E-state index < -0.39 is 12.0 Å². The zero-order valence-electron chi connectivity index (χ0n) is 12.3. The topological polar surface area (TPSA) is 75.6 Å². The number of phenolic OH excluding ortho intramolecular Hbond substituents is 1. The second-order valence-corrected chi connectivity index (χ2v) is 4.79. The number of ether oxygens (including phenoxy) is 1. The molecule has 0 unspecified atom stereocenters. The van der Waals surface area contributed by atoms with E-state index in [1.807, 2.05) is 0 Å². The van der Waals surface area contributed by atoms with Crippen molar-refractivity contribution in [3.63, 3.8) is 0 Å². The average Bonchev–Trinajstić information content (AvgIpc) is 2.34. The molecule has 1 aromatic rings. The first-order valence-electron chi connectivity index (χ1n) is 6.58. The number of carbonyl (C=O) groups is 2. The first-order chi connectivity index (χ1) is 9.35. The van der Waals surface area contributed by atoms with Crippen molar-refractivity contribution in [1.29, 1.82) is 0 Å². The molecule has 1 amide bonds. The third-order valence-corrected chi connectivity index (χ3v) is 2.94. The molecule has 1 rings (SSSR count). The molecular formula is C15H21NO4. The number of esters is 1. The van der Waals surface area contributed by atoms with Gasteiger partial charge in [-0.2, -0.15) is 0 Å². The van der Waals surface area contributed by atoms with Gasteiger partial charge < -0.3 is 15.2 Å². The van der Waals surface area contributed by atoms with Crippen molar-refractivity contribution in [3.8, 4) is 5.75 Å². The smallest absolute Gasteiger partial charge is 0.328 e. The Morgan fingerprint density at radius 1 is 1.30 bits per heavy atom. The summed E-state index contributed by atoms with van der Waals surface area (Å²) in [5.74, 6) is -0.484. The number of aromatic hydroxyl groups is 1. The Morgan fingerprint density at radius 3 is 2.30 bits per heavy atom. The summed E-state index contributed by atoms with van der Waals surface area (Å²) in [7, 11) is 0. The minimum atomic E-state index is -0.712. The number of carbonyl (C=O) groups excluding carboxylic acids is 2. The zero-order valence-corrected chi connectivity index (χ0v) is 12.3. The summed E-state index contributed by atoms with van der Waals surface area (Å²) in [5.41, 5.74) is 2.35. The molecule has 0 aliphatic rings. The maximum Gasteiger partial charge on any atom is 0.328 e. The Labute approximate surface area is 118 Å². The Morgan fingerprint density at radius 2 is 1.85 bits per heavy atom. The first-order valence-corrected chi connectivity index (χ1v) is 6.58. The van der Waals surface area contributed by atoms with Gasteiger partial charge in [0.15, 0.2) is 0 Å². The summed E-state index contributed by atoms with van der Waals surface area (Å²) in [5, 5.41) is 12.3. The number of amides is 1. The average molecular weight is 279 g/mol. The third kappa shape index (κ3) is 4.26. The lowest BCUT2D eigenvalue weighted by atomic mass is 10.00. The summed E-state index contributed by atoms with van der Waals surface area (Å²) in [6.45, 7) is 6.94. The van der Waals surface area contributed by atoms with Crippen LogP contribution in [0.25, 0.3) is 0 Å². The van der Waals surface area contributed by atoms with Crippen LogP contribution in [-0.4, -0.2) is 29.6 Å². The van der Waals surface area contributed by atoms with E-state index in [4.69, 9.17) is 4.74 Å². The van der Waals surface area contributed by atoms with E-state index in [0.717, 1.165) is 16.7 Å². The second kappa shape index (κ2) is 6.93. The molecule has 20 heavy (non-hydrogen) atoms. The Balaban J connectivity index is 2.94. The van der Waals surface area contributed by atoms with E-state index in [1.54, 1.807) is 32.9 Å². The van der Waals surface area contributed by atoms with Gasteiger partial charge in [0, 0.05) is 13.3 Å². The lowest BCUT2D eigenvalue weighted by Gasteiger charge is -2.17. The quantitative estimate of drug-likeness (QED) is 0.803. The van der Waals surface area contributed by atoms with Crippen LogP contribution in [0.3, 0.4) is 0 Å². The number of benzene rings is 1. The van der Waals surface area contributed by atoms with Crippen LogP contribution in [0.15, 0.2) is 12.1 Å². The van der Waals surface area contributed by atoms with E-state index in [1.165, 1.54) is 6.92 Å². The molecule has 110 valence electrons. The molecule has 0 bridgehead atoms. The standard InChI is InChI=1S/C15H21NO4/c1-5-20-15(19)13(16-11(4)17)8-12-6-9(2)14(18)10(3)7-12/h6-7,13,18H,5,8H2,1-4H3,(H,16,17)/t13-/m0/s1. The van der Waals surface area contributed by atoms with E-state index >= 15 is 0 Å². The molecule has 5 heteroatoms. The van der Waals surface area contributed by atoms with Crippen LogP contribution in [0.2, 0.25) is 0 Å². The molecule has 0 saturated carbocycles. The lowest BCUT2D eigenvalue weighted by molar-refractivity contribution is -0.147. The maximum atomic E-state index is 11.8. The van der Waals surface area contributed by atoms with Crippen LogP contribution in [0.4, 0.5) is 0 Å². The van der Waals surface area contributed by atoms with Crippen molar-refractivity contribution in [2.45, 2.75) is 40.2 Å². The second-order valence-electron chi connectivity index (χ2n) is 4.79. The largest absolute Gasteiger partial charge is 0.507 e. The van der Waals surface area contributed by atoms with E-state index in [-0.39, 0.29) is 18.3 Å². The molecular weight excluding hydrogens is 258 g/mol. The summed E-state index contributed by atoms with van der Waals surface area (Å²) in [6.07, 6.45) is 0.334. The van der Waals surface area contributed by atoms with Gasteiger partial charge in [0.05, 0.1) is 6.61 Å². The number of hydrogen-bond donors (Lipinski definition) is 2. The fourth-order valence-corrected chi connectivity index (χ4v) is 2.08. The van der Waals surface area contributed by atoms with Crippen molar-refractivity contribution < 1.29 is 19.4 Å². The normalized spacial score (nSPS) is 11.8. The van der Waals surface area contributed by atoms with Crippen LogP contribution >= 0.6 is 0 Å². The highest BCUT2D eigenvalue weighted by Gasteiger charge is 2.21. The molecule has 1 atom stereocenters. The zero-order chi connectivity index (χ0) is 15.3. The van der Waals surface area contributed by atoms with Crippen molar-refractivity contribution in [3.05, 3.63) is 28.8 Å². The number of aryl methyl sites for hydroxylation is 2.